The number of carbonyl (C=O) groups excluding carboxylic acids is 3. The van der Waals surface area contributed by atoms with E-state index >= 15 is 0 Å². The van der Waals surface area contributed by atoms with Crippen LogP contribution in [0.25, 0.3) is 0 Å². The molecule has 4 amide bonds. The van der Waals surface area contributed by atoms with Crippen LogP contribution >= 0.6 is 11.6 Å². The fraction of sp³-hybridized carbons (Fsp3) is 0.500. The molecule has 1 aromatic carbocycles. The maximum Gasteiger partial charge on any atom is 0.325 e. The number of benzene rings is 1. The Hall–Kier alpha value is -2.08. The molecule has 2 N–H and O–H groups in total. The van der Waals surface area contributed by atoms with E-state index in [9.17, 15) is 14.4 Å². The predicted molar refractivity (Wildman–Crippen MR) is 93.9 cm³/mol. The molecule has 6 nitrogen and oxygen atoms in total. The first-order valence-electron chi connectivity index (χ1n) is 8.57. The van der Waals surface area contributed by atoms with Gasteiger partial charge in [0.1, 0.15) is 12.1 Å². The molecule has 0 radical (unpaired) electrons. The third kappa shape index (κ3) is 3.49. The van der Waals surface area contributed by atoms with E-state index < -0.39 is 11.6 Å². The van der Waals surface area contributed by atoms with Gasteiger partial charge in [0.25, 0.3) is 5.91 Å². The molecule has 2 aliphatic rings. The van der Waals surface area contributed by atoms with E-state index in [1.807, 2.05) is 19.1 Å². The maximum atomic E-state index is 12.8. The van der Waals surface area contributed by atoms with Gasteiger partial charge in [0.05, 0.1) is 0 Å². The average molecular weight is 364 g/mol. The molecule has 7 heteroatoms. The Morgan fingerprint density at radius 1 is 1.32 bits per heavy atom. The van der Waals surface area contributed by atoms with E-state index in [-0.39, 0.29) is 24.3 Å². The topological polar surface area (TPSA) is 78.5 Å². The van der Waals surface area contributed by atoms with Crippen LogP contribution in [0.1, 0.15) is 38.2 Å². The lowest BCUT2D eigenvalue weighted by atomic mass is 9.73. The Kier molecular flexibility index (Phi) is 4.99. The zero-order valence-corrected chi connectivity index (χ0v) is 14.9. The lowest BCUT2D eigenvalue weighted by Crippen LogP contribution is -2.54. The van der Waals surface area contributed by atoms with E-state index in [1.165, 1.54) is 0 Å². The minimum atomic E-state index is -0.828. The summed E-state index contributed by atoms with van der Waals surface area (Å²) in [4.78, 5) is 38.3. The fourth-order valence-electron chi connectivity index (χ4n) is 3.64. The second-order valence-electron chi connectivity index (χ2n) is 6.84. The molecule has 3 rings (SSSR count). The highest BCUT2D eigenvalue weighted by Gasteiger charge is 2.55. The van der Waals surface area contributed by atoms with Gasteiger partial charge >= 0.3 is 6.03 Å². The van der Waals surface area contributed by atoms with Gasteiger partial charge < -0.3 is 10.6 Å². The number of carbonyl (C=O) groups is 3. The second kappa shape index (κ2) is 7.04. The molecule has 25 heavy (non-hydrogen) atoms. The Labute approximate surface area is 151 Å². The van der Waals surface area contributed by atoms with Crippen molar-refractivity contribution in [1.29, 1.82) is 0 Å². The summed E-state index contributed by atoms with van der Waals surface area (Å²) in [6.45, 7) is 2.05. The van der Waals surface area contributed by atoms with Crippen LogP contribution in [0.2, 0.25) is 5.02 Å². The van der Waals surface area contributed by atoms with Gasteiger partial charge in [-0.05, 0) is 36.5 Å². The summed E-state index contributed by atoms with van der Waals surface area (Å²) in [6.07, 6.45) is 3.52. The van der Waals surface area contributed by atoms with Crippen LogP contribution < -0.4 is 10.6 Å². The van der Waals surface area contributed by atoms with Gasteiger partial charge in [-0.25, -0.2) is 4.79 Å². The largest absolute Gasteiger partial charge is 0.350 e. The van der Waals surface area contributed by atoms with E-state index in [0.29, 0.717) is 18.0 Å². The van der Waals surface area contributed by atoms with Crippen LogP contribution in [0, 0.1) is 5.92 Å². The van der Waals surface area contributed by atoms with Gasteiger partial charge in [0.2, 0.25) is 5.91 Å². The predicted octanol–water partition coefficient (Wildman–Crippen LogP) is 2.46. The quantitative estimate of drug-likeness (QED) is 0.806. The molecule has 1 aliphatic carbocycles. The van der Waals surface area contributed by atoms with Gasteiger partial charge in [-0.2, -0.15) is 0 Å². The summed E-state index contributed by atoms with van der Waals surface area (Å²) in [5, 5.41) is 6.21. The first kappa shape index (κ1) is 17.7. The van der Waals surface area contributed by atoms with Gasteiger partial charge in [0, 0.05) is 11.6 Å². The number of urea groups is 1. The number of amides is 4. The Morgan fingerprint density at radius 3 is 2.72 bits per heavy atom. The lowest BCUT2D eigenvalue weighted by Gasteiger charge is -2.36. The Morgan fingerprint density at radius 2 is 2.04 bits per heavy atom. The SMILES string of the molecule is C[C@H]1CCCC[C@@]12NC(=O)N(CC(=O)NCc1ccc(Cl)cc1)C2=O. The highest BCUT2D eigenvalue weighted by Crippen LogP contribution is 2.38. The molecule has 1 aromatic rings. The van der Waals surface area contributed by atoms with Crippen molar-refractivity contribution in [3.05, 3.63) is 34.9 Å². The van der Waals surface area contributed by atoms with Crippen molar-refractivity contribution in [2.24, 2.45) is 5.92 Å². The van der Waals surface area contributed by atoms with Gasteiger partial charge in [-0.15, -0.1) is 0 Å². The van der Waals surface area contributed by atoms with Gasteiger partial charge in [0.15, 0.2) is 0 Å². The molecule has 1 spiro atoms. The van der Waals surface area contributed by atoms with Crippen LogP contribution in [-0.4, -0.2) is 34.8 Å². The first-order valence-corrected chi connectivity index (χ1v) is 8.95. The zero-order valence-electron chi connectivity index (χ0n) is 14.2. The molecule has 1 saturated heterocycles. The summed E-state index contributed by atoms with van der Waals surface area (Å²) in [7, 11) is 0. The summed E-state index contributed by atoms with van der Waals surface area (Å²) < 4.78 is 0. The van der Waals surface area contributed by atoms with Crippen LogP contribution in [0.15, 0.2) is 24.3 Å². The van der Waals surface area contributed by atoms with Crippen molar-refractivity contribution in [2.45, 2.75) is 44.7 Å². The first-order chi connectivity index (χ1) is 11.9. The fourth-order valence-corrected chi connectivity index (χ4v) is 3.77. The van der Waals surface area contributed by atoms with E-state index in [0.717, 1.165) is 29.7 Å². The van der Waals surface area contributed by atoms with Crippen molar-refractivity contribution in [3.63, 3.8) is 0 Å². The lowest BCUT2D eigenvalue weighted by molar-refractivity contribution is -0.137. The normalized spacial score (nSPS) is 26.0. The highest BCUT2D eigenvalue weighted by molar-refractivity contribution is 6.30. The van der Waals surface area contributed by atoms with Crippen molar-refractivity contribution < 1.29 is 14.4 Å². The third-order valence-corrected chi connectivity index (χ3v) is 5.46. The molecule has 0 aromatic heterocycles. The average Bonchev–Trinajstić information content (AvgIpc) is 2.82. The van der Waals surface area contributed by atoms with E-state index in [2.05, 4.69) is 10.6 Å². The molecule has 0 bridgehead atoms. The molecule has 134 valence electrons. The Balaban J connectivity index is 1.60. The third-order valence-electron chi connectivity index (χ3n) is 5.21. The number of imide groups is 1. The second-order valence-corrected chi connectivity index (χ2v) is 7.28. The van der Waals surface area contributed by atoms with E-state index in [1.54, 1.807) is 12.1 Å². The smallest absolute Gasteiger partial charge is 0.325 e. The number of nitrogens with zero attached hydrogens (tertiary/aromatic N) is 1. The number of halogens is 1. The molecule has 1 saturated carbocycles. The van der Waals surface area contributed by atoms with Crippen molar-refractivity contribution in [2.75, 3.05) is 6.54 Å². The molecule has 1 aliphatic heterocycles. The van der Waals surface area contributed by atoms with Gasteiger partial charge in [-0.3, -0.25) is 14.5 Å². The van der Waals surface area contributed by atoms with Crippen molar-refractivity contribution in [1.82, 2.24) is 15.5 Å². The van der Waals surface area contributed by atoms with Crippen molar-refractivity contribution in [3.8, 4) is 0 Å². The van der Waals surface area contributed by atoms with Crippen LogP contribution in [0.5, 0.6) is 0 Å². The summed E-state index contributed by atoms with van der Waals surface area (Å²) in [5.41, 5.74) is 0.0681. The molecule has 2 atom stereocenters. The monoisotopic (exact) mass is 363 g/mol. The minimum absolute atomic E-state index is 0.0832. The molecular formula is C18H22ClN3O3. The van der Waals surface area contributed by atoms with Crippen LogP contribution in [0.4, 0.5) is 4.79 Å². The van der Waals surface area contributed by atoms with E-state index in [4.69, 9.17) is 11.6 Å². The zero-order chi connectivity index (χ0) is 18.0. The van der Waals surface area contributed by atoms with Crippen molar-refractivity contribution >= 4 is 29.4 Å². The highest BCUT2D eigenvalue weighted by atomic mass is 35.5. The van der Waals surface area contributed by atoms with Crippen LogP contribution in [-0.2, 0) is 16.1 Å². The number of nitrogens with one attached hydrogen (secondary N) is 2. The Bertz CT molecular complexity index is 691. The molecular weight excluding hydrogens is 342 g/mol. The molecule has 0 unspecified atom stereocenters. The maximum absolute atomic E-state index is 12.8. The standard InChI is InChI=1S/C18H22ClN3O3/c1-12-4-2-3-9-18(12)16(24)22(17(25)21-18)11-15(23)20-10-13-5-7-14(19)8-6-13/h5-8,12H,2-4,9-11H2,1H3,(H,20,23)(H,21,25)/t12-,18+/m0/s1. The summed E-state index contributed by atoms with van der Waals surface area (Å²) in [5.74, 6) is -0.551. The minimum Gasteiger partial charge on any atom is -0.350 e. The molecule has 1 heterocycles. The van der Waals surface area contributed by atoms with Gasteiger partial charge in [-0.1, -0.05) is 43.5 Å². The number of hydrogen-bond acceptors (Lipinski definition) is 3. The summed E-state index contributed by atoms with van der Waals surface area (Å²) in [6, 6.07) is 6.65. The number of rotatable bonds is 4. The number of hydrogen-bond donors (Lipinski definition) is 2. The van der Waals surface area contributed by atoms with Crippen LogP contribution in [0.3, 0.4) is 0 Å². The molecule has 2 fully saturated rings. The summed E-state index contributed by atoms with van der Waals surface area (Å²) >= 11 is 5.83.